The third-order valence-electron chi connectivity index (χ3n) is 7.17. The Morgan fingerprint density at radius 2 is 1.31 bits per heavy atom. The van der Waals surface area contributed by atoms with Crippen molar-refractivity contribution >= 4 is 11.8 Å². The Balaban J connectivity index is 1.86. The molecule has 0 amide bonds. The second kappa shape index (κ2) is 21.8. The van der Waals surface area contributed by atoms with Gasteiger partial charge < -0.3 is 15.6 Å². The van der Waals surface area contributed by atoms with Crippen LogP contribution in [0.4, 0.5) is 0 Å². The molecule has 0 saturated carbocycles. The van der Waals surface area contributed by atoms with Crippen molar-refractivity contribution in [2.24, 2.45) is 10.7 Å². The molecule has 0 radical (unpaired) electrons. The number of hydrogen-bond acceptors (Lipinski definition) is 4. The van der Waals surface area contributed by atoms with Crippen molar-refractivity contribution in [1.82, 2.24) is 0 Å². The van der Waals surface area contributed by atoms with Crippen molar-refractivity contribution in [1.29, 1.82) is 0 Å². The highest BCUT2D eigenvalue weighted by Crippen LogP contribution is 2.21. The predicted molar refractivity (Wildman–Crippen MR) is 148 cm³/mol. The number of nitrogens with zero attached hydrogens (tertiary/aromatic N) is 2. The van der Waals surface area contributed by atoms with Gasteiger partial charge in [-0.15, -0.1) is 0 Å². The molecule has 0 aromatic rings. The Kier molecular flexibility index (Phi) is 19.7. The maximum Gasteiger partial charge on any atom is 0.207 e. The minimum atomic E-state index is -1.05. The van der Waals surface area contributed by atoms with Gasteiger partial charge in [-0.05, 0) is 25.7 Å². The van der Waals surface area contributed by atoms with Gasteiger partial charge in [0.15, 0.2) is 0 Å². The van der Waals surface area contributed by atoms with Crippen LogP contribution >= 0.6 is 0 Å². The number of carboxylic acids is 1. The lowest BCUT2D eigenvalue weighted by Gasteiger charge is -2.32. The molecule has 1 aliphatic heterocycles. The van der Waals surface area contributed by atoms with Gasteiger partial charge in [-0.25, -0.2) is 9.48 Å². The number of rotatable bonds is 25. The van der Waals surface area contributed by atoms with Crippen LogP contribution < -0.4 is 10.8 Å². The molecule has 2 N–H and O–H groups in total. The molecule has 0 aromatic heterocycles. The zero-order chi connectivity index (χ0) is 25.5. The molecule has 0 fully saturated rings. The minimum Gasteiger partial charge on any atom is -0.544 e. The SMILES string of the molecule is CCC/C=C/CCCCCCCCCCCCCCCCCCC1=NC=C[N+]1(CCN)CC(=O)[O-]. The Morgan fingerprint density at radius 1 is 0.829 bits per heavy atom. The molecule has 35 heavy (non-hydrogen) atoms. The van der Waals surface area contributed by atoms with Crippen LogP contribution in [0, 0.1) is 0 Å². The van der Waals surface area contributed by atoms with Gasteiger partial charge in [0.2, 0.25) is 5.84 Å². The maximum absolute atomic E-state index is 11.2. The van der Waals surface area contributed by atoms with Gasteiger partial charge in [0.05, 0.1) is 12.2 Å². The number of allylic oxidation sites excluding steroid dienone is 2. The van der Waals surface area contributed by atoms with Gasteiger partial charge in [-0.1, -0.05) is 115 Å². The van der Waals surface area contributed by atoms with E-state index >= 15 is 0 Å². The van der Waals surface area contributed by atoms with E-state index in [1.165, 1.54) is 116 Å². The zero-order valence-electron chi connectivity index (χ0n) is 22.9. The number of aliphatic imine (C=N–C) groups is 1. The summed E-state index contributed by atoms with van der Waals surface area (Å²) < 4.78 is 0.246. The zero-order valence-corrected chi connectivity index (χ0v) is 22.9. The Labute approximate surface area is 216 Å². The smallest absolute Gasteiger partial charge is 0.207 e. The number of quaternary nitrogens is 1. The van der Waals surface area contributed by atoms with Crippen LogP contribution in [-0.4, -0.2) is 35.9 Å². The molecule has 0 aromatic carbocycles. The monoisotopic (exact) mass is 489 g/mol. The van der Waals surface area contributed by atoms with E-state index in [1.807, 2.05) is 6.20 Å². The van der Waals surface area contributed by atoms with Gasteiger partial charge >= 0.3 is 0 Å². The second-order valence-corrected chi connectivity index (χ2v) is 10.4. The fourth-order valence-electron chi connectivity index (χ4n) is 5.05. The second-order valence-electron chi connectivity index (χ2n) is 10.4. The van der Waals surface area contributed by atoms with E-state index in [0.717, 1.165) is 18.7 Å². The lowest BCUT2D eigenvalue weighted by molar-refractivity contribution is -0.780. The highest BCUT2D eigenvalue weighted by Gasteiger charge is 2.34. The number of carbonyl (C=O) groups excluding carboxylic acids is 1. The van der Waals surface area contributed by atoms with E-state index in [1.54, 1.807) is 6.20 Å². The molecule has 5 heteroatoms. The lowest BCUT2D eigenvalue weighted by Crippen LogP contribution is -2.55. The van der Waals surface area contributed by atoms with Crippen molar-refractivity contribution in [2.45, 2.75) is 135 Å². The first-order valence-electron chi connectivity index (χ1n) is 14.8. The van der Waals surface area contributed by atoms with Crippen LogP contribution in [0.1, 0.15) is 135 Å². The molecule has 5 nitrogen and oxygen atoms in total. The molecule has 1 unspecified atom stereocenters. The molecule has 0 saturated heterocycles. The minimum absolute atomic E-state index is 0.0657. The lowest BCUT2D eigenvalue weighted by atomic mass is 10.0. The number of carbonyl (C=O) groups is 1. The number of hydrogen-bond donors (Lipinski definition) is 1. The Hall–Kier alpha value is -1.46. The van der Waals surface area contributed by atoms with Crippen LogP contribution in [0.2, 0.25) is 0 Å². The van der Waals surface area contributed by atoms with Crippen molar-refractivity contribution in [3.63, 3.8) is 0 Å². The summed E-state index contributed by atoms with van der Waals surface area (Å²) >= 11 is 0. The van der Waals surface area contributed by atoms with E-state index in [0.29, 0.717) is 13.1 Å². The van der Waals surface area contributed by atoms with Crippen molar-refractivity contribution in [2.75, 3.05) is 19.6 Å². The van der Waals surface area contributed by atoms with E-state index in [2.05, 4.69) is 24.1 Å². The first-order valence-corrected chi connectivity index (χ1v) is 14.8. The van der Waals surface area contributed by atoms with Crippen LogP contribution in [0.5, 0.6) is 0 Å². The average Bonchev–Trinajstić information content (AvgIpc) is 3.21. The van der Waals surface area contributed by atoms with Crippen LogP contribution in [-0.2, 0) is 4.79 Å². The van der Waals surface area contributed by atoms with E-state index in [4.69, 9.17) is 5.73 Å². The fourth-order valence-corrected chi connectivity index (χ4v) is 5.05. The van der Waals surface area contributed by atoms with Gasteiger partial charge in [0.1, 0.15) is 19.3 Å². The average molecular weight is 490 g/mol. The van der Waals surface area contributed by atoms with Crippen molar-refractivity contribution in [3.8, 4) is 0 Å². The first kappa shape index (κ1) is 31.6. The van der Waals surface area contributed by atoms with Gasteiger partial charge in [0.25, 0.3) is 0 Å². The van der Waals surface area contributed by atoms with E-state index < -0.39 is 5.97 Å². The Bertz CT molecular complexity index is 615. The normalized spacial score (nSPS) is 17.5. The number of unbranched alkanes of at least 4 members (excludes halogenated alkanes) is 17. The van der Waals surface area contributed by atoms with E-state index in [-0.39, 0.29) is 11.0 Å². The number of amidine groups is 1. The number of carboxylic acid groups (broad SMARTS) is 1. The molecule has 1 atom stereocenters. The maximum atomic E-state index is 11.2. The molecule has 1 aliphatic rings. The highest BCUT2D eigenvalue weighted by molar-refractivity contribution is 5.80. The molecule has 0 spiro atoms. The van der Waals surface area contributed by atoms with Gasteiger partial charge in [-0.3, -0.25) is 0 Å². The van der Waals surface area contributed by atoms with Gasteiger partial charge in [-0.2, -0.15) is 0 Å². The summed E-state index contributed by atoms with van der Waals surface area (Å²) in [5.74, 6) is -0.121. The third-order valence-corrected chi connectivity index (χ3v) is 7.17. The number of aliphatic carboxylic acids is 1. The standard InChI is InChI=1S/C30H55N3O2/c1-2-3-4-5-6-7-8-9-10-11-12-13-14-15-16-17-18-19-20-21-22-23-29-32-25-27-33(29,26-24-31)28-30(34)35/h4-5,25,27H,2-3,6-24,26,28,31H2,1H3/b5-4+. The highest BCUT2D eigenvalue weighted by atomic mass is 16.4. The molecule has 202 valence electrons. The van der Waals surface area contributed by atoms with Crippen LogP contribution in [0.3, 0.4) is 0 Å². The largest absolute Gasteiger partial charge is 0.544 e. The summed E-state index contributed by atoms with van der Waals surface area (Å²) in [6, 6.07) is 0. The number of nitrogens with two attached hydrogens (primary N) is 1. The van der Waals surface area contributed by atoms with Crippen molar-refractivity contribution < 1.29 is 14.4 Å². The molecule has 1 heterocycles. The van der Waals surface area contributed by atoms with Gasteiger partial charge in [0, 0.05) is 13.0 Å². The molecule has 1 rings (SSSR count). The topological polar surface area (TPSA) is 78.5 Å². The Morgan fingerprint density at radius 3 is 1.80 bits per heavy atom. The van der Waals surface area contributed by atoms with Crippen LogP contribution in [0.25, 0.3) is 0 Å². The molecule has 0 bridgehead atoms. The first-order chi connectivity index (χ1) is 17.1. The summed E-state index contributed by atoms with van der Waals surface area (Å²) in [7, 11) is 0. The quantitative estimate of drug-likeness (QED) is 0.0872. The molecule has 0 aliphatic carbocycles. The summed E-state index contributed by atoms with van der Waals surface area (Å²) in [5, 5.41) is 11.2. The summed E-state index contributed by atoms with van der Waals surface area (Å²) in [6.45, 7) is 3.18. The summed E-state index contributed by atoms with van der Waals surface area (Å²) in [5.41, 5.74) is 5.72. The summed E-state index contributed by atoms with van der Waals surface area (Å²) in [6.07, 6.45) is 34.5. The third kappa shape index (κ3) is 16.0. The summed E-state index contributed by atoms with van der Waals surface area (Å²) in [4.78, 5) is 15.6. The van der Waals surface area contributed by atoms with Crippen molar-refractivity contribution in [3.05, 3.63) is 24.6 Å². The van der Waals surface area contributed by atoms with E-state index in [9.17, 15) is 9.90 Å². The molecular weight excluding hydrogens is 434 g/mol. The van der Waals surface area contributed by atoms with Crippen LogP contribution in [0.15, 0.2) is 29.5 Å². The molecular formula is C30H55N3O2. The fraction of sp³-hybridized carbons (Fsp3) is 0.800. The predicted octanol–water partition coefficient (Wildman–Crippen LogP) is 6.77.